The van der Waals surface area contributed by atoms with Crippen molar-refractivity contribution in [2.75, 3.05) is 17.0 Å². The van der Waals surface area contributed by atoms with Gasteiger partial charge in [-0.3, -0.25) is 29.4 Å². The van der Waals surface area contributed by atoms with E-state index in [0.29, 0.717) is 28.6 Å². The fourth-order valence-corrected chi connectivity index (χ4v) is 8.21. The fraction of sp³-hybridized carbons (Fsp3) is 0.323. The number of carbonyl (C=O) groups excluding carboxylic acids is 3. The summed E-state index contributed by atoms with van der Waals surface area (Å²) in [4.78, 5) is 55.7. The minimum Gasteiger partial charge on any atom is -0.497 e. The third-order valence-electron chi connectivity index (χ3n) is 9.92. The molecule has 222 valence electrons. The monoisotopic (exact) mass is 612 g/mol. The number of fused-ring (bicyclic) bond motifs is 8. The van der Waals surface area contributed by atoms with Gasteiger partial charge in [0.1, 0.15) is 11.8 Å². The predicted octanol–water partition coefficient (Wildman–Crippen LogP) is 4.59. The first-order valence-electron chi connectivity index (χ1n) is 14.3. The Kier molecular flexibility index (Phi) is 5.83. The van der Waals surface area contributed by atoms with Crippen LogP contribution in [0.1, 0.15) is 18.0 Å². The van der Waals surface area contributed by atoms with Crippen molar-refractivity contribution < 1.29 is 24.0 Å². The van der Waals surface area contributed by atoms with Gasteiger partial charge in [0.2, 0.25) is 11.8 Å². The van der Waals surface area contributed by atoms with Crippen LogP contribution in [-0.4, -0.2) is 52.8 Å². The maximum atomic E-state index is 14.2. The van der Waals surface area contributed by atoms with Crippen molar-refractivity contribution in [3.8, 4) is 5.75 Å². The van der Waals surface area contributed by atoms with E-state index in [0.717, 1.165) is 5.56 Å². The first-order valence-corrected chi connectivity index (χ1v) is 14.7. The number of nitrogens with zero attached hydrogens (tertiary/aromatic N) is 6. The maximum Gasteiger partial charge on any atom is 0.269 e. The van der Waals surface area contributed by atoms with Crippen molar-refractivity contribution in [3.05, 3.63) is 93.5 Å². The highest BCUT2D eigenvalue weighted by molar-refractivity contribution is 6.30. The van der Waals surface area contributed by atoms with Crippen molar-refractivity contribution in [2.45, 2.75) is 30.6 Å². The second kappa shape index (κ2) is 9.58. The number of hydrogen-bond donors (Lipinski definition) is 0. The molecule has 0 radical (unpaired) electrons. The smallest absolute Gasteiger partial charge is 0.269 e. The van der Waals surface area contributed by atoms with Gasteiger partial charge >= 0.3 is 0 Å². The quantitative estimate of drug-likeness (QED) is 0.172. The average Bonchev–Trinajstić information content (AvgIpc) is 3.78. The molecule has 2 saturated heterocycles. The number of rotatable bonds is 6. The number of benzene rings is 3. The van der Waals surface area contributed by atoms with Crippen LogP contribution in [0.3, 0.4) is 0 Å². The maximum absolute atomic E-state index is 14.2. The molecule has 5 aliphatic rings. The number of hydrogen-bond acceptors (Lipinski definition) is 9. The Hall–Kier alpha value is -4.84. The number of carbonyl (C=O) groups is 3. The Balaban J connectivity index is 1.11. The Morgan fingerprint density at radius 3 is 2.09 bits per heavy atom. The lowest BCUT2D eigenvalue weighted by atomic mass is 9.76. The van der Waals surface area contributed by atoms with Crippen molar-refractivity contribution >= 4 is 46.4 Å². The molecule has 13 heteroatoms. The minimum absolute atomic E-state index is 0.0363. The molecule has 2 saturated carbocycles. The molecular formula is C31H25ClN6O6. The second-order valence-corrected chi connectivity index (χ2v) is 12.2. The van der Waals surface area contributed by atoms with E-state index in [9.17, 15) is 24.5 Å². The molecule has 0 spiro atoms. The molecule has 12 nitrogen and oxygen atoms in total. The number of amides is 3. The largest absolute Gasteiger partial charge is 0.497 e. The molecule has 2 aliphatic carbocycles. The number of nitro groups is 1. The highest BCUT2D eigenvalue weighted by atomic mass is 35.5. The first kappa shape index (κ1) is 26.8. The van der Waals surface area contributed by atoms with Crippen molar-refractivity contribution in [3.63, 3.8) is 0 Å². The first-order chi connectivity index (χ1) is 21.3. The van der Waals surface area contributed by atoms with Gasteiger partial charge in [-0.25, -0.2) is 5.01 Å². The number of ether oxygens (including phenoxy) is 1. The molecule has 3 amide bonds. The van der Waals surface area contributed by atoms with Gasteiger partial charge in [-0.1, -0.05) is 29.0 Å². The van der Waals surface area contributed by atoms with E-state index >= 15 is 0 Å². The topological polar surface area (TPSA) is 138 Å². The molecule has 44 heavy (non-hydrogen) atoms. The summed E-state index contributed by atoms with van der Waals surface area (Å²) in [6, 6.07) is 18.1. The fourth-order valence-electron chi connectivity index (χ4n) is 8.08. The molecule has 8 unspecified atom stereocenters. The van der Waals surface area contributed by atoms with Crippen LogP contribution in [0.25, 0.3) is 0 Å². The third-order valence-corrected chi connectivity index (χ3v) is 10.2. The van der Waals surface area contributed by atoms with Gasteiger partial charge in [-0.15, -0.1) is 0 Å². The zero-order chi connectivity index (χ0) is 30.4. The van der Waals surface area contributed by atoms with Gasteiger partial charge in [-0.2, -0.15) is 5.11 Å². The van der Waals surface area contributed by atoms with Crippen molar-refractivity contribution in [2.24, 2.45) is 34.0 Å². The van der Waals surface area contributed by atoms with E-state index in [4.69, 9.17) is 16.3 Å². The number of likely N-dealkylation sites (tertiary alicyclic amines) is 1. The summed E-state index contributed by atoms with van der Waals surface area (Å²) in [7, 11) is 1.56. The van der Waals surface area contributed by atoms with Crippen LogP contribution in [0, 0.1) is 33.8 Å². The van der Waals surface area contributed by atoms with Gasteiger partial charge in [0.05, 0.1) is 47.7 Å². The molecule has 8 atom stereocenters. The number of β-lactam (4-membered cyclic amide) rings is 1. The number of imide groups is 1. The zero-order valence-electron chi connectivity index (χ0n) is 23.3. The molecule has 4 fully saturated rings. The van der Waals surface area contributed by atoms with Crippen LogP contribution >= 0.6 is 11.6 Å². The van der Waals surface area contributed by atoms with Crippen LogP contribution in [-0.2, 0) is 14.4 Å². The van der Waals surface area contributed by atoms with Crippen molar-refractivity contribution in [1.29, 1.82) is 0 Å². The van der Waals surface area contributed by atoms with Crippen LogP contribution < -0.4 is 14.6 Å². The molecule has 0 aromatic heterocycles. The van der Waals surface area contributed by atoms with E-state index < -0.39 is 28.8 Å². The van der Waals surface area contributed by atoms with E-state index in [2.05, 4.69) is 10.3 Å². The molecule has 8 rings (SSSR count). The number of non-ortho nitro benzene ring substituents is 1. The summed E-state index contributed by atoms with van der Waals surface area (Å²) in [6.07, 6.45) is 0.648. The number of halogens is 1. The summed E-state index contributed by atoms with van der Waals surface area (Å²) in [5.41, 5.74) is 1.98. The van der Waals surface area contributed by atoms with Crippen molar-refractivity contribution in [1.82, 2.24) is 4.90 Å². The van der Waals surface area contributed by atoms with Crippen LogP contribution in [0.4, 0.5) is 17.1 Å². The Labute approximate surface area is 256 Å². The Morgan fingerprint density at radius 1 is 0.818 bits per heavy atom. The van der Waals surface area contributed by atoms with Gasteiger partial charge in [0.15, 0.2) is 0 Å². The lowest BCUT2D eigenvalue weighted by molar-refractivity contribution is -0.384. The Morgan fingerprint density at radius 2 is 1.45 bits per heavy atom. The number of methoxy groups -OCH3 is 1. The molecule has 3 aliphatic heterocycles. The normalized spacial score (nSPS) is 31.4. The minimum atomic E-state index is -0.990. The highest BCUT2D eigenvalue weighted by Gasteiger charge is 2.72. The molecule has 2 bridgehead atoms. The summed E-state index contributed by atoms with van der Waals surface area (Å²) in [5.74, 6) is -1.93. The van der Waals surface area contributed by atoms with E-state index in [-0.39, 0.29) is 47.3 Å². The summed E-state index contributed by atoms with van der Waals surface area (Å²) in [5, 5.41) is 22.3. The van der Waals surface area contributed by atoms with Gasteiger partial charge in [0.25, 0.3) is 11.6 Å². The summed E-state index contributed by atoms with van der Waals surface area (Å²) in [6.45, 7) is 0. The zero-order valence-corrected chi connectivity index (χ0v) is 24.0. The Bertz CT molecular complexity index is 1750. The van der Waals surface area contributed by atoms with E-state index in [1.807, 2.05) is 12.1 Å². The lowest BCUT2D eigenvalue weighted by Gasteiger charge is -2.50. The van der Waals surface area contributed by atoms with Gasteiger partial charge in [0, 0.05) is 22.8 Å². The van der Waals surface area contributed by atoms with Crippen LogP contribution in [0.5, 0.6) is 5.75 Å². The standard InChI is InChI=1S/C31H25ClN6O6/c1-44-20-12-10-17(11-13-20)35-26(15-2-4-16(32)5-3-15)28(31(35)41)36-29(39)23-21-14-22(24(23)30(36)40)27-25(21)33-34-37(27)18-6-8-19(9-7-18)38(42)43/h2-13,21-28H,14H2,1H3. The predicted molar refractivity (Wildman–Crippen MR) is 157 cm³/mol. The molecular weight excluding hydrogens is 588 g/mol. The van der Waals surface area contributed by atoms with Crippen LogP contribution in [0.15, 0.2) is 83.1 Å². The average molecular weight is 613 g/mol. The number of anilines is 2. The second-order valence-electron chi connectivity index (χ2n) is 11.8. The molecule has 3 heterocycles. The molecule has 0 N–H and O–H groups in total. The highest BCUT2D eigenvalue weighted by Crippen LogP contribution is 2.61. The number of nitro benzene ring substituents is 1. The summed E-state index contributed by atoms with van der Waals surface area (Å²) >= 11 is 6.17. The van der Waals surface area contributed by atoms with Gasteiger partial charge in [-0.05, 0) is 72.4 Å². The van der Waals surface area contributed by atoms with Crippen LogP contribution in [0.2, 0.25) is 5.02 Å². The lowest BCUT2D eigenvalue weighted by Crippen LogP contribution is -2.67. The molecule has 3 aromatic rings. The summed E-state index contributed by atoms with van der Waals surface area (Å²) < 4.78 is 5.27. The SMILES string of the molecule is COc1ccc(N2C(=O)C(N3C(=O)C4C5CC(C4C3=O)C3C5N=NN3c3ccc([N+](=O)[O-])cc3)C2c2ccc(Cl)cc2)cc1. The van der Waals surface area contributed by atoms with E-state index in [1.165, 1.54) is 17.0 Å². The van der Waals surface area contributed by atoms with E-state index in [1.54, 1.807) is 65.5 Å². The molecule has 3 aromatic carbocycles. The van der Waals surface area contributed by atoms with Gasteiger partial charge < -0.3 is 9.64 Å². The third kappa shape index (κ3) is 3.60.